The molecule has 1 fully saturated rings. The highest BCUT2D eigenvalue weighted by Crippen LogP contribution is 2.13. The van der Waals surface area contributed by atoms with Gasteiger partial charge in [-0.15, -0.1) is 0 Å². The maximum absolute atomic E-state index is 11.9. The third-order valence-corrected chi connectivity index (χ3v) is 2.94. The molecule has 94 valence electrons. The SMILES string of the molecule is CCCNCC(=O)N(CC)CC1CCOC1. The average molecular weight is 228 g/mol. The van der Waals surface area contributed by atoms with Crippen LogP contribution in [0.25, 0.3) is 0 Å². The Hall–Kier alpha value is -0.610. The molecule has 0 aliphatic carbocycles. The van der Waals surface area contributed by atoms with Crippen molar-refractivity contribution in [3.8, 4) is 0 Å². The fourth-order valence-corrected chi connectivity index (χ4v) is 1.93. The van der Waals surface area contributed by atoms with Crippen LogP contribution >= 0.6 is 0 Å². The molecule has 0 spiro atoms. The van der Waals surface area contributed by atoms with Gasteiger partial charge in [0.2, 0.25) is 5.91 Å². The van der Waals surface area contributed by atoms with Crippen molar-refractivity contribution in [1.82, 2.24) is 10.2 Å². The second kappa shape index (κ2) is 7.63. The van der Waals surface area contributed by atoms with E-state index in [-0.39, 0.29) is 5.91 Å². The summed E-state index contributed by atoms with van der Waals surface area (Å²) in [5.41, 5.74) is 0. The molecule has 1 heterocycles. The molecular weight excluding hydrogens is 204 g/mol. The molecular formula is C12H24N2O2. The topological polar surface area (TPSA) is 41.6 Å². The van der Waals surface area contributed by atoms with E-state index in [2.05, 4.69) is 12.2 Å². The molecule has 0 aromatic carbocycles. The minimum atomic E-state index is 0.211. The van der Waals surface area contributed by atoms with E-state index in [1.165, 1.54) is 0 Å². The van der Waals surface area contributed by atoms with Crippen LogP contribution in [0.1, 0.15) is 26.7 Å². The van der Waals surface area contributed by atoms with Crippen LogP contribution in [-0.2, 0) is 9.53 Å². The minimum Gasteiger partial charge on any atom is -0.381 e. The van der Waals surface area contributed by atoms with E-state index in [4.69, 9.17) is 4.74 Å². The molecule has 4 heteroatoms. The first-order valence-corrected chi connectivity index (χ1v) is 6.34. The van der Waals surface area contributed by atoms with E-state index >= 15 is 0 Å². The van der Waals surface area contributed by atoms with Gasteiger partial charge in [-0.3, -0.25) is 4.79 Å². The lowest BCUT2D eigenvalue weighted by atomic mass is 10.1. The van der Waals surface area contributed by atoms with Crippen LogP contribution in [0.15, 0.2) is 0 Å². The fraction of sp³-hybridized carbons (Fsp3) is 0.917. The largest absolute Gasteiger partial charge is 0.381 e. The Labute approximate surface area is 98.3 Å². The van der Waals surface area contributed by atoms with E-state index in [1.807, 2.05) is 11.8 Å². The zero-order valence-corrected chi connectivity index (χ0v) is 10.5. The number of rotatable bonds is 7. The molecule has 1 amide bonds. The molecule has 1 aliphatic rings. The zero-order valence-electron chi connectivity index (χ0n) is 10.5. The molecule has 4 nitrogen and oxygen atoms in total. The van der Waals surface area contributed by atoms with E-state index in [0.29, 0.717) is 12.5 Å². The maximum atomic E-state index is 11.9. The van der Waals surface area contributed by atoms with Gasteiger partial charge in [0.05, 0.1) is 13.2 Å². The van der Waals surface area contributed by atoms with Gasteiger partial charge in [-0.2, -0.15) is 0 Å². The zero-order chi connectivity index (χ0) is 11.8. The van der Waals surface area contributed by atoms with E-state index in [1.54, 1.807) is 0 Å². The molecule has 0 bridgehead atoms. The number of ether oxygens (including phenoxy) is 1. The summed E-state index contributed by atoms with van der Waals surface area (Å²) in [7, 11) is 0. The first-order valence-electron chi connectivity index (χ1n) is 6.34. The van der Waals surface area contributed by atoms with Crippen molar-refractivity contribution in [2.45, 2.75) is 26.7 Å². The third kappa shape index (κ3) is 4.49. The molecule has 0 saturated carbocycles. The number of hydrogen-bond acceptors (Lipinski definition) is 3. The van der Waals surface area contributed by atoms with Gasteiger partial charge in [-0.25, -0.2) is 0 Å². The van der Waals surface area contributed by atoms with Gasteiger partial charge in [0.1, 0.15) is 0 Å². The summed E-state index contributed by atoms with van der Waals surface area (Å²) in [6, 6.07) is 0. The molecule has 0 aromatic heterocycles. The Morgan fingerprint density at radius 2 is 2.31 bits per heavy atom. The van der Waals surface area contributed by atoms with Crippen molar-refractivity contribution in [2.75, 3.05) is 39.4 Å². The van der Waals surface area contributed by atoms with Crippen LogP contribution in [0.5, 0.6) is 0 Å². The van der Waals surface area contributed by atoms with Crippen molar-refractivity contribution in [3.05, 3.63) is 0 Å². The van der Waals surface area contributed by atoms with Crippen LogP contribution < -0.4 is 5.32 Å². The van der Waals surface area contributed by atoms with Crippen LogP contribution in [-0.4, -0.2) is 50.2 Å². The molecule has 1 unspecified atom stereocenters. The molecule has 0 aromatic rings. The molecule has 0 radical (unpaired) electrons. The predicted molar refractivity (Wildman–Crippen MR) is 64.3 cm³/mol. The van der Waals surface area contributed by atoms with E-state index < -0.39 is 0 Å². The van der Waals surface area contributed by atoms with Gasteiger partial charge < -0.3 is 15.0 Å². The van der Waals surface area contributed by atoms with Gasteiger partial charge >= 0.3 is 0 Å². The Morgan fingerprint density at radius 1 is 1.50 bits per heavy atom. The van der Waals surface area contributed by atoms with Crippen LogP contribution in [0.4, 0.5) is 0 Å². The molecule has 1 N–H and O–H groups in total. The molecule has 1 saturated heterocycles. The van der Waals surface area contributed by atoms with Gasteiger partial charge in [0.25, 0.3) is 0 Å². The number of nitrogens with one attached hydrogen (secondary N) is 1. The van der Waals surface area contributed by atoms with Gasteiger partial charge in [-0.05, 0) is 26.3 Å². The smallest absolute Gasteiger partial charge is 0.236 e. The standard InChI is InChI=1S/C12H24N2O2/c1-3-6-13-8-12(15)14(4-2)9-11-5-7-16-10-11/h11,13H,3-10H2,1-2H3. The normalized spacial score (nSPS) is 20.0. The monoisotopic (exact) mass is 228 g/mol. The Morgan fingerprint density at radius 3 is 2.88 bits per heavy atom. The van der Waals surface area contributed by atoms with Gasteiger partial charge in [0, 0.05) is 25.6 Å². The van der Waals surface area contributed by atoms with Crippen molar-refractivity contribution >= 4 is 5.91 Å². The summed E-state index contributed by atoms with van der Waals surface area (Å²) in [5.74, 6) is 0.748. The molecule has 1 atom stereocenters. The highest BCUT2D eigenvalue weighted by molar-refractivity contribution is 5.78. The number of carbonyl (C=O) groups is 1. The fourth-order valence-electron chi connectivity index (χ4n) is 1.93. The summed E-state index contributed by atoms with van der Waals surface area (Å²) in [4.78, 5) is 13.8. The summed E-state index contributed by atoms with van der Waals surface area (Å²) >= 11 is 0. The highest BCUT2D eigenvalue weighted by atomic mass is 16.5. The predicted octanol–water partition coefficient (Wildman–Crippen LogP) is 0.871. The second-order valence-corrected chi connectivity index (χ2v) is 4.34. The lowest BCUT2D eigenvalue weighted by molar-refractivity contribution is -0.130. The lowest BCUT2D eigenvalue weighted by Crippen LogP contribution is -2.41. The van der Waals surface area contributed by atoms with Crippen molar-refractivity contribution in [3.63, 3.8) is 0 Å². The summed E-state index contributed by atoms with van der Waals surface area (Å²) < 4.78 is 5.33. The van der Waals surface area contributed by atoms with Crippen LogP contribution in [0.2, 0.25) is 0 Å². The molecule has 1 aliphatic heterocycles. The number of nitrogens with zero attached hydrogens (tertiary/aromatic N) is 1. The van der Waals surface area contributed by atoms with Crippen molar-refractivity contribution < 1.29 is 9.53 Å². The summed E-state index contributed by atoms with van der Waals surface area (Å²) in [5, 5.41) is 3.15. The first-order chi connectivity index (χ1) is 7.77. The number of hydrogen-bond donors (Lipinski definition) is 1. The van der Waals surface area contributed by atoms with Crippen LogP contribution in [0, 0.1) is 5.92 Å². The Balaban J connectivity index is 2.25. The number of carbonyl (C=O) groups excluding carboxylic acids is 1. The Bertz CT molecular complexity index is 203. The number of likely N-dealkylation sites (N-methyl/N-ethyl adjacent to an activating group) is 1. The molecule has 1 rings (SSSR count). The second-order valence-electron chi connectivity index (χ2n) is 4.34. The van der Waals surface area contributed by atoms with Crippen molar-refractivity contribution in [2.24, 2.45) is 5.92 Å². The Kier molecular flexibility index (Phi) is 6.42. The van der Waals surface area contributed by atoms with Gasteiger partial charge in [-0.1, -0.05) is 6.92 Å². The van der Waals surface area contributed by atoms with E-state index in [0.717, 1.165) is 45.7 Å². The van der Waals surface area contributed by atoms with Crippen molar-refractivity contribution in [1.29, 1.82) is 0 Å². The quantitative estimate of drug-likeness (QED) is 0.657. The lowest BCUT2D eigenvalue weighted by Gasteiger charge is -2.23. The van der Waals surface area contributed by atoms with Gasteiger partial charge in [0.15, 0.2) is 0 Å². The minimum absolute atomic E-state index is 0.211. The molecule has 16 heavy (non-hydrogen) atoms. The first kappa shape index (κ1) is 13.5. The maximum Gasteiger partial charge on any atom is 0.236 e. The number of amides is 1. The summed E-state index contributed by atoms with van der Waals surface area (Å²) in [6.45, 7) is 8.83. The average Bonchev–Trinajstić information content (AvgIpc) is 2.78. The van der Waals surface area contributed by atoms with Crippen LogP contribution in [0.3, 0.4) is 0 Å². The summed E-state index contributed by atoms with van der Waals surface area (Å²) in [6.07, 6.45) is 2.15. The van der Waals surface area contributed by atoms with E-state index in [9.17, 15) is 4.79 Å². The highest BCUT2D eigenvalue weighted by Gasteiger charge is 2.20. The third-order valence-electron chi connectivity index (χ3n) is 2.94.